The Hall–Kier alpha value is -2.54. The van der Waals surface area contributed by atoms with E-state index < -0.39 is 0 Å². The number of aromatic nitrogens is 2. The molecule has 1 aliphatic rings. The second kappa shape index (κ2) is 7.14. The van der Waals surface area contributed by atoms with Gasteiger partial charge >= 0.3 is 0 Å². The van der Waals surface area contributed by atoms with Crippen molar-refractivity contribution >= 4 is 27.9 Å². The van der Waals surface area contributed by atoms with Gasteiger partial charge in [-0.1, -0.05) is 6.07 Å². The van der Waals surface area contributed by atoms with E-state index in [0.717, 1.165) is 43.5 Å². The average molecular weight is 354 g/mol. The second-order valence-electron chi connectivity index (χ2n) is 6.02. The standard InChI is InChI=1S/C18H22N6S/c1-19-18(20-13-15-14-24-7-3-2-5-16(24)21-15)23-10-8-22(9-11-23)17-6-4-12-25-17/h2-7,12,14H,8-11,13H2,1H3,(H,19,20). The molecule has 0 aromatic carbocycles. The van der Waals surface area contributed by atoms with Crippen molar-refractivity contribution in [2.24, 2.45) is 4.99 Å². The number of hydrogen-bond acceptors (Lipinski definition) is 4. The van der Waals surface area contributed by atoms with E-state index in [-0.39, 0.29) is 0 Å². The highest BCUT2D eigenvalue weighted by Crippen LogP contribution is 2.22. The van der Waals surface area contributed by atoms with Gasteiger partial charge in [-0.15, -0.1) is 11.3 Å². The van der Waals surface area contributed by atoms with E-state index in [1.54, 1.807) is 11.3 Å². The average Bonchev–Trinajstić information content (AvgIpc) is 3.32. The fourth-order valence-corrected chi connectivity index (χ4v) is 3.95. The molecule has 0 spiro atoms. The zero-order valence-electron chi connectivity index (χ0n) is 14.3. The smallest absolute Gasteiger partial charge is 0.194 e. The molecule has 0 radical (unpaired) electrons. The number of nitrogens with one attached hydrogen (secondary N) is 1. The highest BCUT2D eigenvalue weighted by atomic mass is 32.1. The van der Waals surface area contributed by atoms with Crippen LogP contribution in [0.15, 0.2) is 53.1 Å². The number of guanidine groups is 1. The summed E-state index contributed by atoms with van der Waals surface area (Å²) in [6, 6.07) is 10.3. The molecule has 0 aliphatic carbocycles. The number of piperazine rings is 1. The molecule has 0 amide bonds. The van der Waals surface area contributed by atoms with Gasteiger partial charge in [-0.05, 0) is 29.6 Å². The van der Waals surface area contributed by atoms with Crippen LogP contribution in [0.5, 0.6) is 0 Å². The number of fused-ring (bicyclic) bond motifs is 1. The van der Waals surface area contributed by atoms with Crippen LogP contribution in [0.4, 0.5) is 5.00 Å². The SMILES string of the molecule is CN=C(NCc1cn2ccccc2n1)N1CCN(c2cccs2)CC1. The van der Waals surface area contributed by atoms with E-state index in [4.69, 9.17) is 0 Å². The molecule has 4 rings (SSSR count). The monoisotopic (exact) mass is 354 g/mol. The minimum absolute atomic E-state index is 0.680. The summed E-state index contributed by atoms with van der Waals surface area (Å²) in [6.45, 7) is 4.68. The third kappa shape index (κ3) is 3.46. The van der Waals surface area contributed by atoms with Crippen molar-refractivity contribution in [2.45, 2.75) is 6.54 Å². The molecule has 130 valence electrons. The van der Waals surface area contributed by atoms with E-state index in [1.165, 1.54) is 5.00 Å². The second-order valence-corrected chi connectivity index (χ2v) is 6.95. The third-order valence-corrected chi connectivity index (χ3v) is 5.38. The van der Waals surface area contributed by atoms with E-state index in [0.29, 0.717) is 6.54 Å². The topological polar surface area (TPSA) is 48.2 Å². The minimum Gasteiger partial charge on any atom is -0.360 e. The summed E-state index contributed by atoms with van der Waals surface area (Å²) in [5.41, 5.74) is 1.99. The van der Waals surface area contributed by atoms with Gasteiger partial charge < -0.3 is 19.5 Å². The van der Waals surface area contributed by atoms with Gasteiger partial charge in [0.05, 0.1) is 17.2 Å². The number of hydrogen-bond donors (Lipinski definition) is 1. The van der Waals surface area contributed by atoms with Crippen molar-refractivity contribution in [3.05, 3.63) is 53.8 Å². The van der Waals surface area contributed by atoms with Crippen LogP contribution >= 0.6 is 11.3 Å². The van der Waals surface area contributed by atoms with E-state index >= 15 is 0 Å². The third-order valence-electron chi connectivity index (χ3n) is 4.45. The van der Waals surface area contributed by atoms with E-state index in [2.05, 4.69) is 48.8 Å². The van der Waals surface area contributed by atoms with Crippen molar-refractivity contribution in [2.75, 3.05) is 38.1 Å². The van der Waals surface area contributed by atoms with Crippen molar-refractivity contribution in [1.82, 2.24) is 19.6 Å². The molecule has 0 bridgehead atoms. The summed E-state index contributed by atoms with van der Waals surface area (Å²) in [4.78, 5) is 13.8. The van der Waals surface area contributed by atoms with Gasteiger partial charge in [0.15, 0.2) is 5.96 Å². The van der Waals surface area contributed by atoms with Crippen molar-refractivity contribution in [3.63, 3.8) is 0 Å². The molecule has 1 aliphatic heterocycles. The highest BCUT2D eigenvalue weighted by molar-refractivity contribution is 7.14. The van der Waals surface area contributed by atoms with Crippen LogP contribution in [0.2, 0.25) is 0 Å². The number of thiophene rings is 1. The number of pyridine rings is 1. The van der Waals surface area contributed by atoms with Gasteiger partial charge in [0, 0.05) is 45.6 Å². The summed E-state index contributed by atoms with van der Waals surface area (Å²) in [5, 5.41) is 6.94. The van der Waals surface area contributed by atoms with Crippen molar-refractivity contribution in [3.8, 4) is 0 Å². The Morgan fingerprint density at radius 2 is 2.08 bits per heavy atom. The number of rotatable bonds is 3. The Morgan fingerprint density at radius 1 is 1.20 bits per heavy atom. The van der Waals surface area contributed by atoms with Gasteiger partial charge in [-0.25, -0.2) is 4.98 Å². The summed E-state index contributed by atoms with van der Waals surface area (Å²) < 4.78 is 2.04. The molecule has 3 aromatic rings. The maximum absolute atomic E-state index is 4.63. The Labute approximate surface area is 151 Å². The lowest BCUT2D eigenvalue weighted by Crippen LogP contribution is -2.52. The lowest BCUT2D eigenvalue weighted by atomic mass is 10.3. The van der Waals surface area contributed by atoms with Crippen LogP contribution in [-0.4, -0.2) is 53.5 Å². The number of nitrogens with zero attached hydrogens (tertiary/aromatic N) is 5. The molecule has 4 heterocycles. The molecular weight excluding hydrogens is 332 g/mol. The van der Waals surface area contributed by atoms with Crippen LogP contribution in [0.1, 0.15) is 5.69 Å². The van der Waals surface area contributed by atoms with Gasteiger partial charge in [0.2, 0.25) is 0 Å². The number of anilines is 1. The summed E-state index contributed by atoms with van der Waals surface area (Å²) in [7, 11) is 1.84. The minimum atomic E-state index is 0.680. The first-order chi connectivity index (χ1) is 12.3. The van der Waals surface area contributed by atoms with E-state index in [9.17, 15) is 0 Å². The van der Waals surface area contributed by atoms with Crippen molar-refractivity contribution in [1.29, 1.82) is 0 Å². The molecule has 1 fully saturated rings. The molecule has 6 nitrogen and oxygen atoms in total. The Balaban J connectivity index is 1.35. The van der Waals surface area contributed by atoms with Crippen LogP contribution in [0.3, 0.4) is 0 Å². The maximum Gasteiger partial charge on any atom is 0.194 e. The van der Waals surface area contributed by atoms with Crippen LogP contribution in [-0.2, 0) is 6.54 Å². The lowest BCUT2D eigenvalue weighted by Gasteiger charge is -2.36. The first-order valence-corrected chi connectivity index (χ1v) is 9.38. The lowest BCUT2D eigenvalue weighted by molar-refractivity contribution is 0.373. The van der Waals surface area contributed by atoms with Gasteiger partial charge in [-0.2, -0.15) is 0 Å². The zero-order chi connectivity index (χ0) is 17.1. The fraction of sp³-hybridized carbons (Fsp3) is 0.333. The Kier molecular flexibility index (Phi) is 4.56. The molecule has 0 saturated carbocycles. The Morgan fingerprint density at radius 3 is 2.80 bits per heavy atom. The first kappa shape index (κ1) is 16.0. The zero-order valence-corrected chi connectivity index (χ0v) is 15.1. The maximum atomic E-state index is 4.63. The van der Waals surface area contributed by atoms with Crippen molar-refractivity contribution < 1.29 is 0 Å². The van der Waals surface area contributed by atoms with Gasteiger partial charge in [-0.3, -0.25) is 4.99 Å². The molecule has 3 aromatic heterocycles. The number of imidazole rings is 1. The van der Waals surface area contributed by atoms with Crippen LogP contribution in [0, 0.1) is 0 Å². The van der Waals surface area contributed by atoms with E-state index in [1.807, 2.05) is 35.8 Å². The molecule has 0 unspecified atom stereocenters. The molecular formula is C18H22N6S. The summed E-state index contributed by atoms with van der Waals surface area (Å²) in [6.07, 6.45) is 4.08. The van der Waals surface area contributed by atoms with Gasteiger partial charge in [0.1, 0.15) is 5.65 Å². The fourth-order valence-electron chi connectivity index (χ4n) is 3.16. The summed E-state index contributed by atoms with van der Waals surface area (Å²) in [5.74, 6) is 0.947. The quantitative estimate of drug-likeness (QED) is 0.579. The molecule has 25 heavy (non-hydrogen) atoms. The summed E-state index contributed by atoms with van der Waals surface area (Å²) >= 11 is 1.81. The predicted molar refractivity (Wildman–Crippen MR) is 103 cm³/mol. The van der Waals surface area contributed by atoms with Gasteiger partial charge in [0.25, 0.3) is 0 Å². The highest BCUT2D eigenvalue weighted by Gasteiger charge is 2.20. The Bertz CT molecular complexity index is 812. The predicted octanol–water partition coefficient (Wildman–Crippen LogP) is 2.29. The largest absolute Gasteiger partial charge is 0.360 e. The molecule has 1 N–H and O–H groups in total. The first-order valence-electron chi connectivity index (χ1n) is 8.50. The van der Waals surface area contributed by atoms with Crippen LogP contribution in [0.25, 0.3) is 5.65 Å². The normalized spacial score (nSPS) is 15.8. The molecule has 7 heteroatoms. The molecule has 0 atom stereocenters. The number of aliphatic imine (C=N–C) groups is 1. The van der Waals surface area contributed by atoms with Crippen LogP contribution < -0.4 is 10.2 Å². The molecule has 1 saturated heterocycles.